The van der Waals surface area contributed by atoms with Crippen LogP contribution in [0, 0.1) is 0 Å². The van der Waals surface area contributed by atoms with Crippen LogP contribution >= 0.6 is 23.2 Å². The van der Waals surface area contributed by atoms with Gasteiger partial charge in [-0.2, -0.15) is 0 Å². The van der Waals surface area contributed by atoms with Gasteiger partial charge >= 0.3 is 0 Å². The third kappa shape index (κ3) is 3.07. The molecule has 0 bridgehead atoms. The lowest BCUT2D eigenvalue weighted by Gasteiger charge is -2.12. The van der Waals surface area contributed by atoms with E-state index in [1.165, 1.54) is 14.2 Å². The van der Waals surface area contributed by atoms with Gasteiger partial charge in [0.15, 0.2) is 5.82 Å². The molecule has 9 heteroatoms. The van der Waals surface area contributed by atoms with Gasteiger partial charge in [-0.05, 0) is 24.3 Å². The molecule has 1 aliphatic rings. The number of hydrogen-bond acceptors (Lipinski definition) is 5. The van der Waals surface area contributed by atoms with Crippen LogP contribution < -0.4 is 5.32 Å². The molecule has 4 rings (SSSR count). The van der Waals surface area contributed by atoms with Gasteiger partial charge in [0.2, 0.25) is 12.1 Å². The normalized spacial score (nSPS) is 15.3. The number of nitrogens with one attached hydrogen (secondary N) is 1. The minimum atomic E-state index is -0.789. The minimum absolute atomic E-state index is 0.0249. The van der Waals surface area contributed by atoms with Crippen LogP contribution in [0.15, 0.2) is 47.5 Å². The Morgan fingerprint density at radius 1 is 1.18 bits per heavy atom. The first-order valence-corrected chi connectivity index (χ1v) is 9.14. The number of ether oxygens (including phenoxy) is 1. The lowest BCUT2D eigenvalue weighted by atomic mass is 10.0. The van der Waals surface area contributed by atoms with Crippen LogP contribution in [0.5, 0.6) is 0 Å². The Bertz CT molecular complexity index is 1110. The average molecular weight is 416 g/mol. The van der Waals surface area contributed by atoms with Crippen molar-refractivity contribution in [1.29, 1.82) is 0 Å². The van der Waals surface area contributed by atoms with Gasteiger partial charge in [0.1, 0.15) is 0 Å². The van der Waals surface area contributed by atoms with Crippen molar-refractivity contribution in [1.82, 2.24) is 20.1 Å². The molecule has 1 aromatic heterocycles. The Morgan fingerprint density at radius 2 is 1.96 bits per heavy atom. The topological polar surface area (TPSA) is 81.4 Å². The summed E-state index contributed by atoms with van der Waals surface area (Å²) in [6.45, 7) is 0. The smallest absolute Gasteiger partial charge is 0.290 e. The third-order valence-corrected chi connectivity index (χ3v) is 4.89. The summed E-state index contributed by atoms with van der Waals surface area (Å²) in [6, 6.07) is 12.7. The number of aliphatic imine (C=N–C) groups is 1. The Morgan fingerprint density at radius 3 is 2.68 bits per heavy atom. The molecule has 1 N–H and O–H groups in total. The molecule has 2 aromatic carbocycles. The van der Waals surface area contributed by atoms with Gasteiger partial charge in [-0.15, -0.1) is 5.10 Å². The first-order valence-electron chi connectivity index (χ1n) is 8.38. The fraction of sp³-hybridized carbons (Fsp3) is 0.158. The van der Waals surface area contributed by atoms with E-state index in [9.17, 15) is 4.79 Å². The summed E-state index contributed by atoms with van der Waals surface area (Å²) in [5.74, 6) is 0.00446. The van der Waals surface area contributed by atoms with Gasteiger partial charge < -0.3 is 10.1 Å². The van der Waals surface area contributed by atoms with Crippen molar-refractivity contribution in [3.8, 4) is 5.69 Å². The summed E-state index contributed by atoms with van der Waals surface area (Å²) >= 11 is 12.7. The third-order valence-electron chi connectivity index (χ3n) is 4.32. The summed E-state index contributed by atoms with van der Waals surface area (Å²) in [5, 5.41) is 7.96. The molecule has 0 spiro atoms. The number of nitrogens with zero attached hydrogens (tertiary/aromatic N) is 4. The van der Waals surface area contributed by atoms with Crippen molar-refractivity contribution in [2.75, 3.05) is 14.2 Å². The van der Waals surface area contributed by atoms with Crippen molar-refractivity contribution in [3.63, 3.8) is 0 Å². The van der Waals surface area contributed by atoms with Crippen LogP contribution in [0.1, 0.15) is 33.8 Å². The average Bonchev–Trinajstić information content (AvgIpc) is 3.09. The molecule has 1 aliphatic heterocycles. The number of carbonyl (C=O) groups is 1. The molecule has 7 nitrogen and oxygen atoms in total. The SMILES string of the molecule is CNC(=O)c1nc2n(n1)-c1ccc(Cl)cc1C(c1ccccc1Cl)=NC2OC. The molecular weight excluding hydrogens is 401 g/mol. The second-order valence-electron chi connectivity index (χ2n) is 5.99. The van der Waals surface area contributed by atoms with E-state index >= 15 is 0 Å². The van der Waals surface area contributed by atoms with E-state index in [1.807, 2.05) is 18.2 Å². The quantitative estimate of drug-likeness (QED) is 0.710. The summed E-state index contributed by atoms with van der Waals surface area (Å²) in [6.07, 6.45) is -0.789. The second kappa shape index (κ2) is 7.35. The molecule has 1 amide bonds. The standard InChI is InChI=1S/C19H15Cl2N5O2/c1-22-18(27)16-24-17-19(28-2)23-15(11-5-3-4-6-13(11)21)12-9-10(20)7-8-14(12)26(17)25-16/h3-9,19H,1-2H3,(H,22,27). The van der Waals surface area contributed by atoms with E-state index in [0.29, 0.717) is 32.8 Å². The molecule has 0 aliphatic carbocycles. The van der Waals surface area contributed by atoms with Crippen LogP contribution in [-0.4, -0.2) is 40.5 Å². The Hall–Kier alpha value is -2.74. The molecule has 0 radical (unpaired) electrons. The van der Waals surface area contributed by atoms with Crippen LogP contribution in [-0.2, 0) is 4.74 Å². The summed E-state index contributed by atoms with van der Waals surface area (Å²) in [5.41, 5.74) is 2.70. The zero-order valence-corrected chi connectivity index (χ0v) is 16.5. The highest BCUT2D eigenvalue weighted by Gasteiger charge is 2.30. The molecule has 1 unspecified atom stereocenters. The van der Waals surface area contributed by atoms with Gasteiger partial charge in [-0.3, -0.25) is 4.79 Å². The number of methoxy groups -OCH3 is 1. The van der Waals surface area contributed by atoms with Crippen LogP contribution in [0.2, 0.25) is 10.0 Å². The molecule has 0 fully saturated rings. The predicted molar refractivity (Wildman–Crippen MR) is 107 cm³/mol. The number of hydrogen-bond donors (Lipinski definition) is 1. The van der Waals surface area contributed by atoms with E-state index in [4.69, 9.17) is 32.9 Å². The highest BCUT2D eigenvalue weighted by atomic mass is 35.5. The van der Waals surface area contributed by atoms with Crippen LogP contribution in [0.25, 0.3) is 5.69 Å². The highest BCUT2D eigenvalue weighted by molar-refractivity contribution is 6.36. The highest BCUT2D eigenvalue weighted by Crippen LogP contribution is 2.33. The Kier molecular flexibility index (Phi) is 4.89. The molecule has 0 saturated carbocycles. The maximum atomic E-state index is 12.0. The van der Waals surface area contributed by atoms with E-state index < -0.39 is 12.1 Å². The molecule has 1 atom stereocenters. The molecule has 2 heterocycles. The number of carbonyl (C=O) groups excluding carboxylic acids is 1. The lowest BCUT2D eigenvalue weighted by molar-refractivity contribution is 0.0950. The van der Waals surface area contributed by atoms with Crippen LogP contribution in [0.4, 0.5) is 0 Å². The van der Waals surface area contributed by atoms with Gasteiger partial charge in [-0.25, -0.2) is 14.7 Å². The fourth-order valence-corrected chi connectivity index (χ4v) is 3.42. The van der Waals surface area contributed by atoms with Gasteiger partial charge in [0.25, 0.3) is 5.91 Å². The summed E-state index contributed by atoms with van der Waals surface area (Å²) in [4.78, 5) is 21.1. The molecule has 28 heavy (non-hydrogen) atoms. The fourth-order valence-electron chi connectivity index (χ4n) is 3.02. The van der Waals surface area contributed by atoms with Crippen molar-refractivity contribution in [3.05, 3.63) is 75.3 Å². The minimum Gasteiger partial charge on any atom is -0.353 e. The molecule has 3 aromatic rings. The van der Waals surface area contributed by atoms with E-state index in [2.05, 4.69) is 15.4 Å². The first kappa shape index (κ1) is 18.6. The number of benzene rings is 2. The number of amides is 1. The van der Waals surface area contributed by atoms with Crippen molar-refractivity contribution >= 4 is 34.8 Å². The monoisotopic (exact) mass is 415 g/mol. The molecule has 142 valence electrons. The molecular formula is C19H15Cl2N5O2. The van der Waals surface area contributed by atoms with E-state index in [-0.39, 0.29) is 5.82 Å². The Labute approximate surface area is 171 Å². The lowest BCUT2D eigenvalue weighted by Crippen LogP contribution is -2.20. The van der Waals surface area contributed by atoms with Gasteiger partial charge in [-0.1, -0.05) is 41.4 Å². The molecule has 0 saturated heterocycles. The first-order chi connectivity index (χ1) is 13.5. The second-order valence-corrected chi connectivity index (χ2v) is 6.84. The summed E-state index contributed by atoms with van der Waals surface area (Å²) < 4.78 is 7.11. The zero-order chi connectivity index (χ0) is 19.8. The number of rotatable bonds is 3. The van der Waals surface area contributed by atoms with E-state index in [0.717, 1.165) is 5.56 Å². The maximum absolute atomic E-state index is 12.0. The predicted octanol–water partition coefficient (Wildman–Crippen LogP) is 3.43. The Balaban J connectivity index is 2.02. The maximum Gasteiger partial charge on any atom is 0.290 e. The van der Waals surface area contributed by atoms with Crippen molar-refractivity contribution in [2.45, 2.75) is 6.23 Å². The largest absolute Gasteiger partial charge is 0.353 e. The zero-order valence-electron chi connectivity index (χ0n) is 15.0. The number of fused-ring (bicyclic) bond motifs is 3. The van der Waals surface area contributed by atoms with Gasteiger partial charge in [0, 0.05) is 35.3 Å². The number of halogens is 2. The van der Waals surface area contributed by atoms with Crippen LogP contribution in [0.3, 0.4) is 0 Å². The van der Waals surface area contributed by atoms with E-state index in [1.54, 1.807) is 28.9 Å². The number of aromatic nitrogens is 3. The van der Waals surface area contributed by atoms with Gasteiger partial charge in [0.05, 0.1) is 11.4 Å². The summed E-state index contributed by atoms with van der Waals surface area (Å²) in [7, 11) is 3.03. The van der Waals surface area contributed by atoms with Crippen molar-refractivity contribution < 1.29 is 9.53 Å². The van der Waals surface area contributed by atoms with Crippen molar-refractivity contribution in [2.24, 2.45) is 4.99 Å².